The molecule has 0 aromatic carbocycles. The molecule has 1 aromatic heterocycles. The van der Waals surface area contributed by atoms with Crippen LogP contribution in [0.4, 0.5) is 0 Å². The second-order valence-corrected chi connectivity index (χ2v) is 3.12. The van der Waals surface area contributed by atoms with Gasteiger partial charge >= 0.3 is 0 Å². The molecule has 10 heavy (non-hydrogen) atoms. The molecule has 0 aliphatic carbocycles. The van der Waals surface area contributed by atoms with Crippen LogP contribution in [0.5, 0.6) is 0 Å². The number of hydrogen-bond acceptors (Lipinski definition) is 4. The van der Waals surface area contributed by atoms with E-state index < -0.39 is 10.0 Å². The average Bonchev–Trinajstić information content (AvgIpc) is 1.88. The first kappa shape index (κ1) is 7.10. The summed E-state index contributed by atoms with van der Waals surface area (Å²) in [6.45, 7) is 0. The van der Waals surface area contributed by atoms with Crippen LogP contribution in [0.15, 0.2) is 23.4 Å². The molecule has 1 heterocycles. The zero-order valence-electron chi connectivity index (χ0n) is 4.93. The maximum Gasteiger partial charge on any atom is 0.257 e. The molecule has 0 aliphatic rings. The zero-order valence-corrected chi connectivity index (χ0v) is 5.75. The van der Waals surface area contributed by atoms with E-state index in [0.29, 0.717) is 0 Å². The number of primary sulfonamides is 1. The molecule has 0 bridgehead atoms. The topological polar surface area (TPSA) is 85.9 Å². The van der Waals surface area contributed by atoms with Crippen molar-refractivity contribution in [2.24, 2.45) is 5.14 Å². The molecular weight excluding hydrogens is 154 g/mol. The van der Waals surface area contributed by atoms with Crippen molar-refractivity contribution in [2.75, 3.05) is 0 Å². The Balaban J connectivity index is 3.22. The summed E-state index contributed by atoms with van der Waals surface area (Å²) in [6, 6.07) is 2.73. The molecule has 0 aliphatic heterocycles. The summed E-state index contributed by atoms with van der Waals surface area (Å²) in [7, 11) is -3.68. The quantitative estimate of drug-likeness (QED) is 0.576. The van der Waals surface area contributed by atoms with Crippen molar-refractivity contribution in [2.45, 2.75) is 5.03 Å². The van der Waals surface area contributed by atoms with Crippen molar-refractivity contribution < 1.29 is 8.42 Å². The number of hydrogen-bond donors (Lipinski definition) is 1. The van der Waals surface area contributed by atoms with Gasteiger partial charge in [-0.1, -0.05) is 0 Å². The minimum absolute atomic E-state index is 0.213. The Labute approximate surface area is 57.9 Å². The average molecular weight is 159 g/mol. The standard InChI is InChI=1S/C4H5N3O2S/c5-10(8,9)4-2-1-3-6-7-4/h1-3H,(H2,5,8,9). The number of aromatic nitrogens is 2. The predicted molar refractivity (Wildman–Crippen MR) is 33.4 cm³/mol. The highest BCUT2D eigenvalue weighted by Gasteiger charge is 2.07. The Morgan fingerprint density at radius 2 is 2.20 bits per heavy atom. The number of rotatable bonds is 1. The van der Waals surface area contributed by atoms with Crippen LogP contribution in [-0.4, -0.2) is 18.6 Å². The lowest BCUT2D eigenvalue weighted by molar-refractivity contribution is 0.592. The SMILES string of the molecule is NS(=O)(=O)c1cccnn1. The Morgan fingerprint density at radius 1 is 1.50 bits per heavy atom. The Bertz CT molecular complexity index is 307. The highest BCUT2D eigenvalue weighted by atomic mass is 32.2. The Morgan fingerprint density at radius 3 is 2.50 bits per heavy atom. The van der Waals surface area contributed by atoms with Gasteiger partial charge in [-0.15, -0.1) is 5.10 Å². The molecular formula is C4H5N3O2S. The van der Waals surface area contributed by atoms with E-state index >= 15 is 0 Å². The predicted octanol–water partition coefficient (Wildman–Crippen LogP) is -0.876. The van der Waals surface area contributed by atoms with Crippen molar-refractivity contribution >= 4 is 10.0 Å². The van der Waals surface area contributed by atoms with Crippen molar-refractivity contribution in [3.63, 3.8) is 0 Å². The molecule has 0 radical (unpaired) electrons. The third kappa shape index (κ3) is 1.49. The highest BCUT2D eigenvalue weighted by Crippen LogP contribution is 1.96. The summed E-state index contributed by atoms with van der Waals surface area (Å²) in [4.78, 5) is 0. The summed E-state index contributed by atoms with van der Waals surface area (Å²) in [5.74, 6) is 0. The van der Waals surface area contributed by atoms with Gasteiger partial charge in [0, 0.05) is 6.20 Å². The minimum Gasteiger partial charge on any atom is -0.223 e. The molecule has 6 heteroatoms. The van der Waals surface area contributed by atoms with Gasteiger partial charge in [-0.25, -0.2) is 13.6 Å². The van der Waals surface area contributed by atoms with Crippen molar-refractivity contribution in [3.8, 4) is 0 Å². The molecule has 0 fully saturated rings. The third-order valence-corrected chi connectivity index (χ3v) is 1.64. The largest absolute Gasteiger partial charge is 0.257 e. The first-order valence-corrected chi connectivity index (χ1v) is 3.96. The van der Waals surface area contributed by atoms with Gasteiger partial charge in [0.25, 0.3) is 10.0 Å². The third-order valence-electron chi connectivity index (χ3n) is 0.839. The molecule has 5 nitrogen and oxygen atoms in total. The van der Waals surface area contributed by atoms with Crippen molar-refractivity contribution in [3.05, 3.63) is 18.3 Å². The minimum atomic E-state index is -3.68. The normalized spacial score (nSPS) is 11.3. The number of sulfonamides is 1. The van der Waals surface area contributed by atoms with Crippen LogP contribution in [-0.2, 0) is 10.0 Å². The molecule has 0 spiro atoms. The monoisotopic (exact) mass is 159 g/mol. The number of nitrogens with two attached hydrogens (primary N) is 1. The summed E-state index contributed by atoms with van der Waals surface area (Å²) in [6.07, 6.45) is 1.37. The Hall–Kier alpha value is -1.01. The van der Waals surface area contributed by atoms with Crippen LogP contribution in [0.25, 0.3) is 0 Å². The van der Waals surface area contributed by atoms with Crippen LogP contribution < -0.4 is 5.14 Å². The maximum absolute atomic E-state index is 10.5. The van der Waals surface area contributed by atoms with Crippen LogP contribution in [0.1, 0.15) is 0 Å². The van der Waals surface area contributed by atoms with Crippen LogP contribution in [0.3, 0.4) is 0 Å². The van der Waals surface area contributed by atoms with Gasteiger partial charge in [0.2, 0.25) is 0 Å². The summed E-state index contributed by atoms with van der Waals surface area (Å²) in [5, 5.41) is 11.1. The van der Waals surface area contributed by atoms with Gasteiger partial charge in [0.1, 0.15) is 0 Å². The van der Waals surface area contributed by atoms with Gasteiger partial charge in [0.15, 0.2) is 5.03 Å². The summed E-state index contributed by atoms with van der Waals surface area (Å²) < 4.78 is 21.0. The first-order chi connectivity index (χ1) is 4.61. The van der Waals surface area contributed by atoms with Gasteiger partial charge in [-0.3, -0.25) is 0 Å². The van der Waals surface area contributed by atoms with E-state index in [0.717, 1.165) is 0 Å². The fraction of sp³-hybridized carbons (Fsp3) is 0. The second kappa shape index (κ2) is 2.31. The molecule has 0 atom stereocenters. The molecule has 0 amide bonds. The van der Waals surface area contributed by atoms with E-state index in [1.165, 1.54) is 18.3 Å². The lowest BCUT2D eigenvalue weighted by atomic mass is 10.6. The van der Waals surface area contributed by atoms with Crippen molar-refractivity contribution in [1.82, 2.24) is 10.2 Å². The molecule has 2 N–H and O–H groups in total. The molecule has 0 saturated carbocycles. The highest BCUT2D eigenvalue weighted by molar-refractivity contribution is 7.89. The van der Waals surface area contributed by atoms with Gasteiger partial charge < -0.3 is 0 Å². The Kier molecular flexibility index (Phi) is 1.64. The van der Waals surface area contributed by atoms with Crippen LogP contribution in [0.2, 0.25) is 0 Å². The van der Waals surface area contributed by atoms with Gasteiger partial charge in [0.05, 0.1) is 0 Å². The van der Waals surface area contributed by atoms with E-state index in [-0.39, 0.29) is 5.03 Å². The van der Waals surface area contributed by atoms with E-state index in [1.54, 1.807) is 0 Å². The van der Waals surface area contributed by atoms with E-state index in [4.69, 9.17) is 5.14 Å². The van der Waals surface area contributed by atoms with Gasteiger partial charge in [-0.05, 0) is 12.1 Å². The van der Waals surface area contributed by atoms with E-state index in [2.05, 4.69) is 10.2 Å². The zero-order chi connectivity index (χ0) is 7.61. The van der Waals surface area contributed by atoms with E-state index in [1.807, 2.05) is 0 Å². The summed E-state index contributed by atoms with van der Waals surface area (Å²) >= 11 is 0. The van der Waals surface area contributed by atoms with Crippen LogP contribution in [0, 0.1) is 0 Å². The van der Waals surface area contributed by atoms with E-state index in [9.17, 15) is 8.42 Å². The molecule has 0 unspecified atom stereocenters. The molecule has 1 rings (SSSR count). The smallest absolute Gasteiger partial charge is 0.223 e. The van der Waals surface area contributed by atoms with Crippen LogP contribution >= 0.6 is 0 Å². The number of nitrogens with zero attached hydrogens (tertiary/aromatic N) is 2. The lowest BCUT2D eigenvalue weighted by Crippen LogP contribution is -2.14. The maximum atomic E-state index is 10.5. The lowest BCUT2D eigenvalue weighted by Gasteiger charge is -1.91. The molecule has 0 saturated heterocycles. The van der Waals surface area contributed by atoms with Crippen molar-refractivity contribution in [1.29, 1.82) is 0 Å². The first-order valence-electron chi connectivity index (χ1n) is 2.41. The fourth-order valence-corrected chi connectivity index (χ4v) is 0.868. The fourth-order valence-electron chi connectivity index (χ4n) is 0.439. The summed E-state index contributed by atoms with van der Waals surface area (Å²) in [5.41, 5.74) is 0. The molecule has 54 valence electrons. The second-order valence-electron chi connectivity index (χ2n) is 1.61. The van der Waals surface area contributed by atoms with Gasteiger partial charge in [-0.2, -0.15) is 5.10 Å². The molecule has 1 aromatic rings.